The predicted octanol–water partition coefficient (Wildman–Crippen LogP) is 4.93. The number of carbonyl (C=O) groups excluding carboxylic acids is 1. The number of rotatable bonds is 5. The first-order valence-corrected chi connectivity index (χ1v) is 9.12. The second-order valence-electron chi connectivity index (χ2n) is 6.48. The zero-order valence-corrected chi connectivity index (χ0v) is 16.2. The summed E-state index contributed by atoms with van der Waals surface area (Å²) in [6.07, 6.45) is 0. The van der Waals surface area contributed by atoms with Gasteiger partial charge in [-0.1, -0.05) is 47.6 Å². The maximum atomic E-state index is 13.8. The van der Waals surface area contributed by atoms with Crippen molar-refractivity contribution < 1.29 is 18.4 Å². The first kappa shape index (κ1) is 19.3. The Hall–Kier alpha value is -4.07. The number of benzene rings is 2. The van der Waals surface area contributed by atoms with Crippen LogP contribution in [0.25, 0.3) is 11.3 Å². The lowest BCUT2D eigenvalue weighted by Crippen LogP contribution is -2.15. The average molecular weight is 404 g/mol. The highest BCUT2D eigenvalue weighted by molar-refractivity contribution is 6.03. The van der Waals surface area contributed by atoms with Gasteiger partial charge in [0.25, 0.3) is 5.91 Å². The van der Waals surface area contributed by atoms with Gasteiger partial charge in [0.1, 0.15) is 0 Å². The molecular formula is C22H17FN4O3. The van der Waals surface area contributed by atoms with Crippen LogP contribution < -0.4 is 10.1 Å². The SMILES string of the molecule is Cc1nc(Oc2ccccc2F)nc(C)c1NC(=O)c1cc(-c2ccccc2)on1. The molecule has 0 saturated carbocycles. The molecule has 0 radical (unpaired) electrons. The van der Waals surface area contributed by atoms with Gasteiger partial charge in [0.2, 0.25) is 0 Å². The van der Waals surface area contributed by atoms with Gasteiger partial charge in [-0.15, -0.1) is 0 Å². The average Bonchev–Trinajstić information content (AvgIpc) is 3.23. The Balaban J connectivity index is 1.53. The molecule has 7 nitrogen and oxygen atoms in total. The molecule has 0 unspecified atom stereocenters. The lowest BCUT2D eigenvalue weighted by Gasteiger charge is -2.12. The molecule has 2 aromatic heterocycles. The van der Waals surface area contributed by atoms with Crippen molar-refractivity contribution >= 4 is 11.6 Å². The molecule has 30 heavy (non-hydrogen) atoms. The fourth-order valence-corrected chi connectivity index (χ4v) is 2.84. The molecule has 1 N–H and O–H groups in total. The van der Waals surface area contributed by atoms with E-state index in [1.807, 2.05) is 30.3 Å². The van der Waals surface area contributed by atoms with E-state index in [4.69, 9.17) is 9.26 Å². The summed E-state index contributed by atoms with van der Waals surface area (Å²) in [5.74, 6) is -0.476. The van der Waals surface area contributed by atoms with Crippen molar-refractivity contribution in [2.24, 2.45) is 0 Å². The number of anilines is 1. The van der Waals surface area contributed by atoms with Crippen LogP contribution in [0, 0.1) is 19.7 Å². The smallest absolute Gasteiger partial charge is 0.322 e. The third kappa shape index (κ3) is 4.02. The Morgan fingerprint density at radius 2 is 1.67 bits per heavy atom. The fraction of sp³-hybridized carbons (Fsp3) is 0.0909. The molecule has 0 spiro atoms. The van der Waals surface area contributed by atoms with Gasteiger partial charge < -0.3 is 14.6 Å². The Kier molecular flexibility index (Phi) is 5.21. The number of ether oxygens (including phenoxy) is 1. The monoisotopic (exact) mass is 404 g/mol. The summed E-state index contributed by atoms with van der Waals surface area (Å²) in [6.45, 7) is 3.38. The summed E-state index contributed by atoms with van der Waals surface area (Å²) >= 11 is 0. The lowest BCUT2D eigenvalue weighted by atomic mass is 10.1. The van der Waals surface area contributed by atoms with E-state index < -0.39 is 11.7 Å². The number of aryl methyl sites for hydroxylation is 2. The minimum atomic E-state index is -0.519. The summed E-state index contributed by atoms with van der Waals surface area (Å²) in [4.78, 5) is 21.0. The molecule has 0 atom stereocenters. The number of hydrogen-bond donors (Lipinski definition) is 1. The largest absolute Gasteiger partial charge is 0.421 e. The van der Waals surface area contributed by atoms with Gasteiger partial charge in [-0.25, -0.2) is 4.39 Å². The normalized spacial score (nSPS) is 10.6. The first-order chi connectivity index (χ1) is 14.5. The van der Waals surface area contributed by atoms with Crippen LogP contribution in [-0.4, -0.2) is 21.0 Å². The van der Waals surface area contributed by atoms with Crippen molar-refractivity contribution in [3.8, 4) is 23.1 Å². The first-order valence-electron chi connectivity index (χ1n) is 9.12. The number of nitrogens with one attached hydrogen (secondary N) is 1. The number of amides is 1. The Morgan fingerprint density at radius 3 is 2.37 bits per heavy atom. The zero-order valence-electron chi connectivity index (χ0n) is 16.2. The quantitative estimate of drug-likeness (QED) is 0.507. The molecule has 4 aromatic rings. The van der Waals surface area contributed by atoms with Gasteiger partial charge in [-0.05, 0) is 26.0 Å². The molecule has 150 valence electrons. The van der Waals surface area contributed by atoms with Gasteiger partial charge >= 0.3 is 6.01 Å². The van der Waals surface area contributed by atoms with Gasteiger partial charge in [0.05, 0.1) is 17.1 Å². The summed E-state index contributed by atoms with van der Waals surface area (Å²) in [5.41, 5.74) is 2.29. The molecule has 4 rings (SSSR count). The van der Waals surface area contributed by atoms with E-state index >= 15 is 0 Å². The van der Waals surface area contributed by atoms with Crippen molar-refractivity contribution in [3.05, 3.63) is 83.6 Å². The molecule has 0 bridgehead atoms. The summed E-state index contributed by atoms with van der Waals surface area (Å²) in [7, 11) is 0. The molecular weight excluding hydrogens is 387 g/mol. The summed E-state index contributed by atoms with van der Waals surface area (Å²) in [5, 5.41) is 6.58. The number of halogens is 1. The lowest BCUT2D eigenvalue weighted by molar-refractivity contribution is 0.101. The van der Waals surface area contributed by atoms with Crippen molar-refractivity contribution in [3.63, 3.8) is 0 Å². The van der Waals surface area contributed by atoms with Crippen LogP contribution in [-0.2, 0) is 0 Å². The molecule has 2 aromatic carbocycles. The van der Waals surface area contributed by atoms with E-state index in [2.05, 4.69) is 20.4 Å². The highest BCUT2D eigenvalue weighted by Gasteiger charge is 2.18. The van der Waals surface area contributed by atoms with E-state index in [9.17, 15) is 9.18 Å². The minimum Gasteiger partial charge on any atom is -0.421 e. The Bertz CT molecular complexity index is 1180. The summed E-state index contributed by atoms with van der Waals surface area (Å²) < 4.78 is 24.5. The third-order valence-electron chi connectivity index (χ3n) is 4.33. The van der Waals surface area contributed by atoms with Gasteiger partial charge in [0, 0.05) is 11.6 Å². The van der Waals surface area contributed by atoms with Gasteiger partial charge in [0.15, 0.2) is 23.0 Å². The fourth-order valence-electron chi connectivity index (χ4n) is 2.84. The molecule has 0 aliphatic rings. The van der Waals surface area contributed by atoms with E-state index in [1.54, 1.807) is 32.0 Å². The third-order valence-corrected chi connectivity index (χ3v) is 4.33. The van der Waals surface area contributed by atoms with Crippen molar-refractivity contribution in [2.75, 3.05) is 5.32 Å². The van der Waals surface area contributed by atoms with E-state index in [-0.39, 0.29) is 17.5 Å². The van der Waals surface area contributed by atoms with Crippen molar-refractivity contribution in [1.82, 2.24) is 15.1 Å². The van der Waals surface area contributed by atoms with Crippen LogP contribution in [0.4, 0.5) is 10.1 Å². The molecule has 0 aliphatic heterocycles. The molecule has 8 heteroatoms. The minimum absolute atomic E-state index is 0.0131. The standard InChI is InChI=1S/C22H17FN4O3/c1-13-20(14(2)25-22(24-13)29-18-11-7-6-10-16(18)23)26-21(28)17-12-19(30-27-17)15-8-4-3-5-9-15/h3-12H,1-2H3,(H,26,28). The Morgan fingerprint density at radius 1 is 1.00 bits per heavy atom. The molecule has 2 heterocycles. The molecule has 0 fully saturated rings. The van der Waals surface area contributed by atoms with Gasteiger partial charge in [-0.2, -0.15) is 9.97 Å². The maximum absolute atomic E-state index is 13.8. The number of para-hydroxylation sites is 1. The number of aromatic nitrogens is 3. The number of nitrogens with zero attached hydrogens (tertiary/aromatic N) is 3. The molecule has 0 aliphatic carbocycles. The van der Waals surface area contributed by atoms with Crippen LogP contribution in [0.3, 0.4) is 0 Å². The summed E-state index contributed by atoms with van der Waals surface area (Å²) in [6, 6.07) is 16.9. The zero-order chi connectivity index (χ0) is 21.1. The Labute approximate surface area is 171 Å². The second-order valence-corrected chi connectivity index (χ2v) is 6.48. The van der Waals surface area contributed by atoms with Gasteiger partial charge in [-0.3, -0.25) is 4.79 Å². The highest BCUT2D eigenvalue weighted by atomic mass is 19.1. The van der Waals surface area contributed by atoms with E-state index in [0.29, 0.717) is 22.8 Å². The molecule has 0 saturated heterocycles. The van der Waals surface area contributed by atoms with E-state index in [1.165, 1.54) is 12.1 Å². The van der Waals surface area contributed by atoms with Crippen LogP contribution in [0.2, 0.25) is 0 Å². The number of carbonyl (C=O) groups is 1. The van der Waals surface area contributed by atoms with Crippen LogP contribution >= 0.6 is 0 Å². The van der Waals surface area contributed by atoms with Crippen molar-refractivity contribution in [2.45, 2.75) is 13.8 Å². The topological polar surface area (TPSA) is 90.1 Å². The van der Waals surface area contributed by atoms with E-state index in [0.717, 1.165) is 5.56 Å². The second kappa shape index (κ2) is 8.12. The van der Waals surface area contributed by atoms with Crippen LogP contribution in [0.15, 0.2) is 65.2 Å². The number of hydrogen-bond acceptors (Lipinski definition) is 6. The van der Waals surface area contributed by atoms with Crippen molar-refractivity contribution in [1.29, 1.82) is 0 Å². The maximum Gasteiger partial charge on any atom is 0.322 e. The van der Waals surface area contributed by atoms with Crippen LogP contribution in [0.5, 0.6) is 11.8 Å². The predicted molar refractivity (Wildman–Crippen MR) is 108 cm³/mol. The van der Waals surface area contributed by atoms with Crippen LogP contribution in [0.1, 0.15) is 21.9 Å². The molecule has 1 amide bonds. The highest BCUT2D eigenvalue weighted by Crippen LogP contribution is 2.26.